The van der Waals surface area contributed by atoms with E-state index in [-0.39, 0.29) is 5.92 Å². The summed E-state index contributed by atoms with van der Waals surface area (Å²) in [4.78, 5) is 12.8. The second-order valence-corrected chi connectivity index (χ2v) is 5.22. The van der Waals surface area contributed by atoms with Gasteiger partial charge in [0.05, 0.1) is 0 Å². The lowest BCUT2D eigenvalue weighted by molar-refractivity contribution is 0.0964. The molecule has 3 rings (SSSR count). The maximum absolute atomic E-state index is 11.7. The smallest absolute Gasteiger partial charge is 0.168 e. The van der Waals surface area contributed by atoms with E-state index in [9.17, 15) is 4.79 Å². The molecule has 1 aromatic carbocycles. The average Bonchev–Trinajstić information content (AvgIpc) is 2.86. The Morgan fingerprint density at radius 2 is 2.31 bits per heavy atom. The Balaban J connectivity index is 2.16. The molecule has 1 aromatic rings. The first-order valence-corrected chi connectivity index (χ1v) is 5.52. The quantitative estimate of drug-likeness (QED) is 0.655. The predicted octanol–water partition coefficient (Wildman–Crippen LogP) is 3.02. The second kappa shape index (κ2) is 2.52. The minimum atomic E-state index is 0.288. The van der Waals surface area contributed by atoms with E-state index in [1.54, 1.807) is 6.07 Å². The van der Waals surface area contributed by atoms with Crippen LogP contribution in [0.25, 0.3) is 0 Å². The van der Waals surface area contributed by atoms with Crippen molar-refractivity contribution < 1.29 is 4.79 Å². The van der Waals surface area contributed by atoms with E-state index < -0.39 is 0 Å². The van der Waals surface area contributed by atoms with Crippen LogP contribution in [-0.4, -0.2) is 11.0 Å². The van der Waals surface area contributed by atoms with Crippen molar-refractivity contribution in [3.8, 4) is 0 Å². The third-order valence-corrected chi connectivity index (χ3v) is 4.22. The maximum atomic E-state index is 11.7. The van der Waals surface area contributed by atoms with Crippen LogP contribution in [0.4, 0.5) is 0 Å². The van der Waals surface area contributed by atoms with Gasteiger partial charge in [0.15, 0.2) is 5.78 Å². The molecule has 1 aliphatic carbocycles. The van der Waals surface area contributed by atoms with E-state index in [1.807, 2.05) is 23.9 Å². The van der Waals surface area contributed by atoms with Gasteiger partial charge in [0, 0.05) is 26.6 Å². The highest BCUT2D eigenvalue weighted by Crippen LogP contribution is 2.52. The summed E-state index contributed by atoms with van der Waals surface area (Å²) in [6.45, 7) is 0. The fraction of sp³-hybridized carbons (Fsp3) is 0.300. The van der Waals surface area contributed by atoms with Crippen molar-refractivity contribution in [2.24, 2.45) is 5.92 Å². The molecule has 1 nitrogen and oxygen atoms in total. The predicted molar refractivity (Wildman–Crippen MR) is 53.5 cm³/mol. The average molecular weight is 211 g/mol. The molecular formula is C10H7ClOS. The number of carbonyl (C=O) groups is 1. The van der Waals surface area contributed by atoms with Gasteiger partial charge in [-0.1, -0.05) is 11.6 Å². The van der Waals surface area contributed by atoms with Gasteiger partial charge in [0.1, 0.15) is 0 Å². The molecule has 2 aliphatic rings. The number of fused-ring (bicyclic) bond motifs is 2. The minimum Gasteiger partial charge on any atom is -0.294 e. The Labute approximate surface area is 85.5 Å². The number of ketones is 1. The monoisotopic (exact) mass is 210 g/mol. The number of benzene rings is 1. The van der Waals surface area contributed by atoms with E-state index in [4.69, 9.17) is 11.6 Å². The summed E-state index contributed by atoms with van der Waals surface area (Å²) >= 11 is 7.66. The molecule has 0 bridgehead atoms. The van der Waals surface area contributed by atoms with Crippen molar-refractivity contribution in [1.29, 1.82) is 0 Å². The zero-order chi connectivity index (χ0) is 9.00. The zero-order valence-electron chi connectivity index (χ0n) is 6.79. The highest BCUT2D eigenvalue weighted by molar-refractivity contribution is 8.00. The summed E-state index contributed by atoms with van der Waals surface area (Å²) in [6.07, 6.45) is 1.05. The van der Waals surface area contributed by atoms with E-state index in [1.165, 1.54) is 0 Å². The summed E-state index contributed by atoms with van der Waals surface area (Å²) in [7, 11) is 0. The van der Waals surface area contributed by atoms with Gasteiger partial charge < -0.3 is 0 Å². The summed E-state index contributed by atoms with van der Waals surface area (Å²) in [5, 5.41) is 1.22. The van der Waals surface area contributed by atoms with Crippen LogP contribution in [0.3, 0.4) is 0 Å². The topological polar surface area (TPSA) is 17.1 Å². The molecule has 13 heavy (non-hydrogen) atoms. The van der Waals surface area contributed by atoms with Gasteiger partial charge in [-0.2, -0.15) is 0 Å². The third kappa shape index (κ3) is 1.12. The maximum Gasteiger partial charge on any atom is 0.168 e. The summed E-state index contributed by atoms with van der Waals surface area (Å²) in [6, 6.07) is 5.60. The van der Waals surface area contributed by atoms with Crippen LogP contribution in [0.2, 0.25) is 5.02 Å². The normalized spacial score (nSPS) is 29.5. The molecule has 3 heteroatoms. The first-order chi connectivity index (χ1) is 6.25. The number of rotatable bonds is 0. The molecule has 1 fully saturated rings. The van der Waals surface area contributed by atoms with Crippen LogP contribution >= 0.6 is 23.4 Å². The number of thioether (sulfide) groups is 1. The minimum absolute atomic E-state index is 0.288. The molecule has 0 spiro atoms. The van der Waals surface area contributed by atoms with Crippen LogP contribution < -0.4 is 0 Å². The van der Waals surface area contributed by atoms with Crippen molar-refractivity contribution in [1.82, 2.24) is 0 Å². The number of carbonyl (C=O) groups excluding carboxylic acids is 1. The van der Waals surface area contributed by atoms with Crippen LogP contribution in [0.5, 0.6) is 0 Å². The SMILES string of the molecule is O=C1c2cc(Cl)ccc2SC2CC12. The molecule has 66 valence electrons. The largest absolute Gasteiger partial charge is 0.294 e. The van der Waals surface area contributed by atoms with Crippen LogP contribution in [0.1, 0.15) is 16.8 Å². The van der Waals surface area contributed by atoms with Gasteiger partial charge in [0.2, 0.25) is 0 Å². The van der Waals surface area contributed by atoms with Crippen LogP contribution in [0.15, 0.2) is 23.1 Å². The summed E-state index contributed by atoms with van der Waals surface area (Å²) < 4.78 is 0. The molecule has 2 unspecified atom stereocenters. The molecular weight excluding hydrogens is 204 g/mol. The standard InChI is InChI=1S/C10H7ClOS/c11-5-1-2-8-6(3-5)10(12)7-4-9(7)13-8/h1-3,7,9H,4H2. The van der Waals surface area contributed by atoms with Crippen molar-refractivity contribution >= 4 is 29.1 Å². The summed E-state index contributed by atoms with van der Waals surface area (Å²) in [5.74, 6) is 0.581. The highest BCUT2D eigenvalue weighted by atomic mass is 35.5. The Morgan fingerprint density at radius 3 is 3.15 bits per heavy atom. The van der Waals surface area contributed by atoms with E-state index >= 15 is 0 Å². The number of hydrogen-bond acceptors (Lipinski definition) is 2. The van der Waals surface area contributed by atoms with Crippen molar-refractivity contribution in [3.63, 3.8) is 0 Å². The van der Waals surface area contributed by atoms with Gasteiger partial charge in [-0.25, -0.2) is 0 Å². The number of hydrogen-bond donors (Lipinski definition) is 0. The van der Waals surface area contributed by atoms with Crippen LogP contribution in [0, 0.1) is 5.92 Å². The highest BCUT2D eigenvalue weighted by Gasteiger charge is 2.48. The van der Waals surface area contributed by atoms with Gasteiger partial charge in [-0.05, 0) is 24.6 Å². The van der Waals surface area contributed by atoms with Gasteiger partial charge in [-0.3, -0.25) is 4.79 Å². The fourth-order valence-electron chi connectivity index (χ4n) is 1.74. The first-order valence-electron chi connectivity index (χ1n) is 4.26. The molecule has 0 saturated heterocycles. The molecule has 0 aromatic heterocycles. The summed E-state index contributed by atoms with van der Waals surface area (Å²) in [5.41, 5.74) is 0.830. The Hall–Kier alpha value is -0.470. The van der Waals surface area contributed by atoms with Crippen molar-refractivity contribution in [3.05, 3.63) is 28.8 Å². The lowest BCUT2D eigenvalue weighted by Crippen LogP contribution is -2.10. The molecule has 1 aliphatic heterocycles. The first kappa shape index (κ1) is 7.89. The molecule has 1 saturated carbocycles. The van der Waals surface area contributed by atoms with Crippen molar-refractivity contribution in [2.75, 3.05) is 0 Å². The molecule has 0 N–H and O–H groups in total. The Bertz CT molecular complexity index is 402. The molecule has 2 atom stereocenters. The Kier molecular flexibility index (Phi) is 1.53. The molecule has 0 amide bonds. The second-order valence-electron chi connectivity index (χ2n) is 3.50. The number of Topliss-reactive ketones (excluding diaryl/α,β-unsaturated/α-hetero) is 1. The van der Waals surface area contributed by atoms with Crippen LogP contribution in [-0.2, 0) is 0 Å². The fourth-order valence-corrected chi connectivity index (χ4v) is 3.26. The van der Waals surface area contributed by atoms with Gasteiger partial charge >= 0.3 is 0 Å². The van der Waals surface area contributed by atoms with E-state index in [0.29, 0.717) is 16.1 Å². The molecule has 0 radical (unpaired) electrons. The van der Waals surface area contributed by atoms with Gasteiger partial charge in [0.25, 0.3) is 0 Å². The lowest BCUT2D eigenvalue weighted by atomic mass is 10.1. The number of halogens is 1. The lowest BCUT2D eigenvalue weighted by Gasteiger charge is -2.12. The van der Waals surface area contributed by atoms with E-state index in [2.05, 4.69) is 0 Å². The van der Waals surface area contributed by atoms with Gasteiger partial charge in [-0.15, -0.1) is 11.8 Å². The zero-order valence-corrected chi connectivity index (χ0v) is 8.36. The van der Waals surface area contributed by atoms with E-state index in [0.717, 1.165) is 16.9 Å². The van der Waals surface area contributed by atoms with Crippen molar-refractivity contribution in [2.45, 2.75) is 16.6 Å². The third-order valence-electron chi connectivity index (χ3n) is 2.55. The Morgan fingerprint density at radius 1 is 1.46 bits per heavy atom. The molecule has 1 heterocycles.